The zero-order valence-electron chi connectivity index (χ0n) is 23.9. The molecule has 5 aromatic carbocycles. The first-order chi connectivity index (χ1) is 20.2. The van der Waals surface area contributed by atoms with Crippen LogP contribution in [0, 0.1) is 0 Å². The molecule has 0 aliphatic heterocycles. The van der Waals surface area contributed by atoms with Crippen molar-refractivity contribution in [3.05, 3.63) is 170 Å². The van der Waals surface area contributed by atoms with Crippen LogP contribution in [0.2, 0.25) is 5.54 Å². The quantitative estimate of drug-likeness (QED) is 0.236. The second-order valence-electron chi connectivity index (χ2n) is 10.8. The van der Waals surface area contributed by atoms with E-state index in [0.717, 1.165) is 6.17 Å². The molecular formula is C37H37BN2Si. The van der Waals surface area contributed by atoms with Crippen LogP contribution >= 0.6 is 0 Å². The van der Waals surface area contributed by atoms with Crippen LogP contribution in [-0.4, -0.2) is 24.3 Å². The highest BCUT2D eigenvalue weighted by Crippen LogP contribution is 2.23. The molecule has 0 unspecified atom stereocenters. The molecule has 2 nitrogen and oxygen atoms in total. The average Bonchev–Trinajstić information content (AvgIpc) is 3.56. The van der Waals surface area contributed by atoms with Crippen molar-refractivity contribution >= 4 is 41.5 Å². The predicted molar refractivity (Wildman–Crippen MR) is 179 cm³/mol. The normalized spacial score (nSPS) is 11.0. The summed E-state index contributed by atoms with van der Waals surface area (Å²) in [6.07, 6.45) is 6.92. The first-order valence-corrected chi connectivity index (χ1v) is 16.7. The first kappa shape index (κ1) is 28.1. The van der Waals surface area contributed by atoms with Gasteiger partial charge in [0.15, 0.2) is 0 Å². The van der Waals surface area contributed by atoms with Gasteiger partial charge in [-0.1, -0.05) is 192 Å². The minimum Gasteiger partial charge on any atom is -0.340 e. The van der Waals surface area contributed by atoms with Crippen LogP contribution in [-0.2, 0) is 6.17 Å². The molecular weight excluding hydrogens is 511 g/mol. The van der Waals surface area contributed by atoms with E-state index in [1.54, 1.807) is 0 Å². The standard InChI is InChI=1S/C19H22N2Si.C18H15B/c1-17(2)22(16-21-14-13-20-15-21,18-9-5-3-6-10-18)19-11-7-4-8-12-19;1-4-10-16(11-5-1)19(17-12-6-2-7-13-17)18-14-8-3-9-15-18/h3-15,17H,16H2,1-2H3;1-15H. The average molecular weight is 549 g/mol. The summed E-state index contributed by atoms with van der Waals surface area (Å²) in [6, 6.07) is 54.1. The lowest BCUT2D eigenvalue weighted by Gasteiger charge is -2.37. The van der Waals surface area contributed by atoms with Crippen molar-refractivity contribution in [2.45, 2.75) is 25.6 Å². The Bertz CT molecular complexity index is 1420. The molecule has 0 spiro atoms. The Morgan fingerprint density at radius 3 is 1.24 bits per heavy atom. The second-order valence-corrected chi connectivity index (χ2v) is 15.3. The summed E-state index contributed by atoms with van der Waals surface area (Å²) in [6.45, 7) is 5.04. The maximum Gasteiger partial charge on any atom is 0.241 e. The Labute approximate surface area is 246 Å². The minimum atomic E-state index is -1.91. The van der Waals surface area contributed by atoms with Crippen molar-refractivity contribution in [3.63, 3.8) is 0 Å². The summed E-state index contributed by atoms with van der Waals surface area (Å²) in [5, 5.41) is 2.98. The van der Waals surface area contributed by atoms with Gasteiger partial charge in [-0.2, -0.15) is 0 Å². The number of aromatic nitrogens is 2. The van der Waals surface area contributed by atoms with Crippen molar-refractivity contribution in [2.24, 2.45) is 0 Å². The molecule has 0 amide bonds. The zero-order valence-corrected chi connectivity index (χ0v) is 24.9. The predicted octanol–water partition coefficient (Wildman–Crippen LogP) is 5.30. The molecule has 0 atom stereocenters. The lowest BCUT2D eigenvalue weighted by Crippen LogP contribution is -2.63. The van der Waals surface area contributed by atoms with Crippen molar-refractivity contribution in [3.8, 4) is 0 Å². The first-order valence-electron chi connectivity index (χ1n) is 14.4. The fraction of sp³-hybridized carbons (Fsp3) is 0.108. The highest BCUT2D eigenvalue weighted by Gasteiger charge is 2.40. The lowest BCUT2D eigenvalue weighted by atomic mass is 9.37. The van der Waals surface area contributed by atoms with Crippen LogP contribution in [0.5, 0.6) is 0 Å². The van der Waals surface area contributed by atoms with Crippen LogP contribution in [0.25, 0.3) is 0 Å². The molecule has 0 N–H and O–H groups in total. The molecule has 1 aromatic heterocycles. The Hall–Kier alpha value is -4.41. The molecule has 6 aromatic rings. The molecule has 0 saturated carbocycles. The van der Waals surface area contributed by atoms with Gasteiger partial charge in [0.2, 0.25) is 6.71 Å². The van der Waals surface area contributed by atoms with E-state index in [2.05, 4.69) is 181 Å². The van der Waals surface area contributed by atoms with Gasteiger partial charge in [-0.05, 0) is 5.54 Å². The fourth-order valence-electron chi connectivity index (χ4n) is 5.85. The number of rotatable bonds is 8. The molecule has 41 heavy (non-hydrogen) atoms. The number of imidazole rings is 1. The summed E-state index contributed by atoms with van der Waals surface area (Å²) in [5.41, 5.74) is 4.60. The monoisotopic (exact) mass is 548 g/mol. The molecule has 202 valence electrons. The maximum atomic E-state index is 4.24. The van der Waals surface area contributed by atoms with E-state index in [9.17, 15) is 0 Å². The number of hydrogen-bond donors (Lipinski definition) is 0. The van der Waals surface area contributed by atoms with E-state index in [4.69, 9.17) is 0 Å². The largest absolute Gasteiger partial charge is 0.340 e. The number of nitrogens with zero attached hydrogens (tertiary/aromatic N) is 2. The topological polar surface area (TPSA) is 17.8 Å². The van der Waals surface area contributed by atoms with Crippen molar-refractivity contribution in [2.75, 3.05) is 0 Å². The zero-order chi connectivity index (χ0) is 28.3. The minimum absolute atomic E-state index is 0.309. The Kier molecular flexibility index (Phi) is 9.46. The van der Waals surface area contributed by atoms with Crippen LogP contribution in [0.4, 0.5) is 0 Å². The summed E-state index contributed by atoms with van der Waals surface area (Å²) < 4.78 is 2.24. The maximum absolute atomic E-state index is 4.24. The third-order valence-electron chi connectivity index (χ3n) is 7.95. The number of benzene rings is 5. The molecule has 6 rings (SSSR count). The second kappa shape index (κ2) is 13.8. The Morgan fingerprint density at radius 1 is 0.561 bits per heavy atom. The van der Waals surface area contributed by atoms with Gasteiger partial charge < -0.3 is 4.57 Å². The smallest absolute Gasteiger partial charge is 0.241 e. The molecule has 0 fully saturated rings. The molecule has 0 saturated heterocycles. The molecule has 0 aliphatic rings. The van der Waals surface area contributed by atoms with Gasteiger partial charge in [0.1, 0.15) is 8.07 Å². The van der Waals surface area contributed by atoms with E-state index in [1.165, 1.54) is 26.8 Å². The highest BCUT2D eigenvalue weighted by atomic mass is 28.3. The van der Waals surface area contributed by atoms with E-state index >= 15 is 0 Å². The van der Waals surface area contributed by atoms with Crippen LogP contribution in [0.15, 0.2) is 170 Å². The van der Waals surface area contributed by atoms with Crippen LogP contribution < -0.4 is 26.8 Å². The molecule has 0 bridgehead atoms. The summed E-state index contributed by atoms with van der Waals surface area (Å²) >= 11 is 0. The molecule has 4 heteroatoms. The SMILES string of the molecule is CC(C)[Si](Cn1ccnc1)(c1ccccc1)c1ccccc1.c1ccc(B(c2ccccc2)c2ccccc2)cc1. The summed E-state index contributed by atoms with van der Waals surface area (Å²) in [4.78, 5) is 4.24. The van der Waals surface area contributed by atoms with E-state index in [-0.39, 0.29) is 0 Å². The number of hydrogen-bond acceptors (Lipinski definition) is 1. The van der Waals surface area contributed by atoms with Crippen molar-refractivity contribution in [1.29, 1.82) is 0 Å². The van der Waals surface area contributed by atoms with Gasteiger partial charge >= 0.3 is 0 Å². The van der Waals surface area contributed by atoms with E-state index in [1.807, 2.05) is 12.5 Å². The van der Waals surface area contributed by atoms with Gasteiger partial charge in [0.25, 0.3) is 0 Å². The van der Waals surface area contributed by atoms with Gasteiger partial charge in [-0.25, -0.2) is 4.98 Å². The van der Waals surface area contributed by atoms with Gasteiger partial charge in [-0.3, -0.25) is 0 Å². The summed E-state index contributed by atoms with van der Waals surface area (Å²) in [5.74, 6) is 0. The van der Waals surface area contributed by atoms with Gasteiger partial charge in [-0.15, -0.1) is 0 Å². The lowest BCUT2D eigenvalue weighted by molar-refractivity contribution is 0.829. The fourth-order valence-corrected chi connectivity index (χ4v) is 10.6. The highest BCUT2D eigenvalue weighted by molar-refractivity contribution is 7.02. The van der Waals surface area contributed by atoms with Crippen LogP contribution in [0.1, 0.15) is 13.8 Å². The van der Waals surface area contributed by atoms with E-state index < -0.39 is 8.07 Å². The van der Waals surface area contributed by atoms with Gasteiger partial charge in [0.05, 0.1) is 6.33 Å². The Balaban J connectivity index is 0.000000166. The third kappa shape index (κ3) is 6.67. The third-order valence-corrected chi connectivity index (χ3v) is 13.5. The molecule has 0 aliphatic carbocycles. The molecule has 1 heterocycles. The van der Waals surface area contributed by atoms with Gasteiger partial charge in [0, 0.05) is 18.6 Å². The van der Waals surface area contributed by atoms with Crippen LogP contribution in [0.3, 0.4) is 0 Å². The van der Waals surface area contributed by atoms with Crippen molar-refractivity contribution < 1.29 is 0 Å². The summed E-state index contributed by atoms with van der Waals surface area (Å²) in [7, 11) is -1.91. The molecule has 0 radical (unpaired) electrons. The Morgan fingerprint density at radius 2 is 0.927 bits per heavy atom. The van der Waals surface area contributed by atoms with Crippen molar-refractivity contribution in [1.82, 2.24) is 9.55 Å². The van der Waals surface area contributed by atoms with E-state index in [0.29, 0.717) is 12.3 Å².